The van der Waals surface area contributed by atoms with E-state index in [1.54, 1.807) is 18.6 Å². The predicted octanol–water partition coefficient (Wildman–Crippen LogP) is 3.86. The summed E-state index contributed by atoms with van der Waals surface area (Å²) in [5, 5.41) is 0. The Balaban J connectivity index is 1.95. The third-order valence-electron chi connectivity index (χ3n) is 4.86. The molecule has 140 valence electrons. The Morgan fingerprint density at radius 2 is 1.56 bits per heavy atom. The number of rotatable bonds is 5. The quantitative estimate of drug-likeness (QED) is 0.728. The minimum absolute atomic E-state index is 0.166. The van der Waals surface area contributed by atoms with Crippen LogP contribution in [0.1, 0.15) is 27.8 Å². The van der Waals surface area contributed by atoms with Crippen LogP contribution in [0.5, 0.6) is 0 Å². The van der Waals surface area contributed by atoms with Gasteiger partial charge in [-0.1, -0.05) is 12.1 Å². The Kier molecular flexibility index (Phi) is 5.39. The van der Waals surface area contributed by atoms with Gasteiger partial charge in [0.1, 0.15) is 0 Å². The molecule has 0 radical (unpaired) electrons. The van der Waals surface area contributed by atoms with Gasteiger partial charge in [-0.3, -0.25) is 9.97 Å². The smallest absolute Gasteiger partial charge is 0.241 e. The molecule has 0 fully saturated rings. The largest absolute Gasteiger partial charge is 0.265 e. The predicted molar refractivity (Wildman–Crippen MR) is 107 cm³/mol. The van der Waals surface area contributed by atoms with Crippen LogP contribution < -0.4 is 4.72 Å². The molecule has 0 bridgehead atoms. The van der Waals surface area contributed by atoms with Crippen LogP contribution in [0.2, 0.25) is 0 Å². The second-order valence-corrected chi connectivity index (χ2v) is 8.36. The summed E-state index contributed by atoms with van der Waals surface area (Å²) in [5.41, 5.74) is 5.97. The number of benzene rings is 1. The summed E-state index contributed by atoms with van der Waals surface area (Å²) in [4.78, 5) is 8.81. The van der Waals surface area contributed by atoms with E-state index >= 15 is 0 Å². The Labute approximate surface area is 160 Å². The molecule has 1 aromatic carbocycles. The molecule has 0 spiro atoms. The van der Waals surface area contributed by atoms with E-state index in [4.69, 9.17) is 0 Å². The van der Waals surface area contributed by atoms with E-state index in [1.807, 2.05) is 58.0 Å². The van der Waals surface area contributed by atoms with Crippen LogP contribution in [0.15, 0.2) is 53.8 Å². The molecule has 3 rings (SSSR count). The average molecular weight is 382 g/mol. The van der Waals surface area contributed by atoms with E-state index in [-0.39, 0.29) is 6.54 Å². The molecule has 0 aliphatic heterocycles. The van der Waals surface area contributed by atoms with Gasteiger partial charge in [-0.2, -0.15) is 0 Å². The molecule has 0 atom stereocenters. The van der Waals surface area contributed by atoms with Crippen molar-refractivity contribution in [2.24, 2.45) is 0 Å². The van der Waals surface area contributed by atoms with Crippen molar-refractivity contribution in [2.75, 3.05) is 0 Å². The first-order valence-corrected chi connectivity index (χ1v) is 10.2. The van der Waals surface area contributed by atoms with E-state index in [2.05, 4.69) is 14.7 Å². The highest BCUT2D eigenvalue weighted by atomic mass is 32.2. The second kappa shape index (κ2) is 7.58. The molecule has 2 heterocycles. The van der Waals surface area contributed by atoms with Crippen molar-refractivity contribution in [3.8, 4) is 11.3 Å². The molecule has 5 nitrogen and oxygen atoms in total. The molecule has 2 aromatic heterocycles. The molecule has 1 N–H and O–H groups in total. The maximum absolute atomic E-state index is 13.1. The zero-order chi connectivity index (χ0) is 19.6. The van der Waals surface area contributed by atoms with Crippen LogP contribution in [-0.4, -0.2) is 18.4 Å². The topological polar surface area (TPSA) is 72.0 Å². The summed E-state index contributed by atoms with van der Waals surface area (Å²) >= 11 is 0. The number of sulfonamides is 1. The summed E-state index contributed by atoms with van der Waals surface area (Å²) in [6.45, 7) is 7.73. The minimum Gasteiger partial charge on any atom is -0.265 e. The molecule has 6 heteroatoms. The van der Waals surface area contributed by atoms with Gasteiger partial charge >= 0.3 is 0 Å². The molecule has 0 aliphatic rings. The molecule has 0 unspecified atom stereocenters. The lowest BCUT2D eigenvalue weighted by Gasteiger charge is -2.17. The van der Waals surface area contributed by atoms with Crippen molar-refractivity contribution in [1.82, 2.24) is 14.7 Å². The number of pyridine rings is 2. The standard InChI is InChI=1S/C21H23N3O2S/c1-14-12-15(2)17(4)21(16(14)3)27(25,26)24-13-19-6-5-9-23-20(19)18-7-10-22-11-8-18/h5-12,24H,13H2,1-4H3. The van der Waals surface area contributed by atoms with Crippen LogP contribution in [0.25, 0.3) is 11.3 Å². The van der Waals surface area contributed by atoms with Gasteiger partial charge in [-0.05, 0) is 73.7 Å². The van der Waals surface area contributed by atoms with Gasteiger partial charge in [0.25, 0.3) is 0 Å². The Morgan fingerprint density at radius 1 is 0.926 bits per heavy atom. The summed E-state index contributed by atoms with van der Waals surface area (Å²) in [5.74, 6) is 0. The monoisotopic (exact) mass is 381 g/mol. The third-order valence-corrected chi connectivity index (χ3v) is 6.54. The number of nitrogens with one attached hydrogen (secondary N) is 1. The Hall–Kier alpha value is -2.57. The summed E-state index contributed by atoms with van der Waals surface area (Å²) in [7, 11) is -3.65. The minimum atomic E-state index is -3.65. The zero-order valence-electron chi connectivity index (χ0n) is 15.9. The molecule has 0 saturated heterocycles. The average Bonchev–Trinajstić information content (AvgIpc) is 2.66. The normalized spacial score (nSPS) is 11.6. The van der Waals surface area contributed by atoms with Gasteiger partial charge in [0.2, 0.25) is 10.0 Å². The molecule has 0 amide bonds. The number of nitrogens with zero attached hydrogens (tertiary/aromatic N) is 2. The van der Waals surface area contributed by atoms with E-state index in [0.717, 1.165) is 39.1 Å². The van der Waals surface area contributed by atoms with Crippen LogP contribution in [-0.2, 0) is 16.6 Å². The third kappa shape index (κ3) is 3.91. The Morgan fingerprint density at radius 3 is 2.19 bits per heavy atom. The van der Waals surface area contributed by atoms with Crippen molar-refractivity contribution in [2.45, 2.75) is 39.1 Å². The number of hydrogen-bond acceptors (Lipinski definition) is 4. The van der Waals surface area contributed by atoms with Crippen molar-refractivity contribution >= 4 is 10.0 Å². The molecule has 27 heavy (non-hydrogen) atoms. The molecular weight excluding hydrogens is 358 g/mol. The lowest BCUT2D eigenvalue weighted by Crippen LogP contribution is -2.25. The van der Waals surface area contributed by atoms with Crippen molar-refractivity contribution in [3.63, 3.8) is 0 Å². The highest BCUT2D eigenvalue weighted by Gasteiger charge is 2.22. The molecule has 0 saturated carbocycles. The van der Waals surface area contributed by atoms with Crippen molar-refractivity contribution in [1.29, 1.82) is 0 Å². The first-order valence-electron chi connectivity index (χ1n) is 8.72. The van der Waals surface area contributed by atoms with E-state index in [9.17, 15) is 8.42 Å². The maximum Gasteiger partial charge on any atom is 0.241 e. The highest BCUT2D eigenvalue weighted by molar-refractivity contribution is 7.89. The van der Waals surface area contributed by atoms with Crippen LogP contribution in [0.3, 0.4) is 0 Å². The summed E-state index contributed by atoms with van der Waals surface area (Å²) < 4.78 is 28.9. The van der Waals surface area contributed by atoms with Gasteiger partial charge in [0.05, 0.1) is 10.6 Å². The second-order valence-electron chi connectivity index (χ2n) is 6.66. The molecular formula is C21H23N3O2S. The first-order chi connectivity index (χ1) is 12.8. The van der Waals surface area contributed by atoms with Gasteiger partial charge in [-0.15, -0.1) is 0 Å². The number of aromatic nitrogens is 2. The van der Waals surface area contributed by atoms with Crippen LogP contribution in [0, 0.1) is 27.7 Å². The fraction of sp³-hybridized carbons (Fsp3) is 0.238. The zero-order valence-corrected chi connectivity index (χ0v) is 16.8. The lowest BCUT2D eigenvalue weighted by molar-refractivity contribution is 0.579. The van der Waals surface area contributed by atoms with E-state index in [1.165, 1.54) is 0 Å². The number of hydrogen-bond donors (Lipinski definition) is 1. The van der Waals surface area contributed by atoms with Crippen LogP contribution in [0.4, 0.5) is 0 Å². The van der Waals surface area contributed by atoms with Gasteiger partial charge < -0.3 is 0 Å². The van der Waals surface area contributed by atoms with E-state index in [0.29, 0.717) is 4.90 Å². The Bertz CT molecular complexity index is 1050. The van der Waals surface area contributed by atoms with Gasteiger partial charge in [0.15, 0.2) is 0 Å². The lowest BCUT2D eigenvalue weighted by atomic mass is 10.0. The van der Waals surface area contributed by atoms with Crippen molar-refractivity contribution in [3.05, 3.63) is 76.7 Å². The van der Waals surface area contributed by atoms with Gasteiger partial charge in [0, 0.05) is 30.7 Å². The fourth-order valence-corrected chi connectivity index (χ4v) is 4.80. The SMILES string of the molecule is Cc1cc(C)c(C)c(S(=O)(=O)NCc2cccnc2-c2ccncc2)c1C. The first kappa shape index (κ1) is 19.2. The highest BCUT2D eigenvalue weighted by Crippen LogP contribution is 2.27. The maximum atomic E-state index is 13.1. The van der Waals surface area contributed by atoms with Gasteiger partial charge in [-0.25, -0.2) is 13.1 Å². The fourth-order valence-electron chi connectivity index (χ4n) is 3.18. The molecule has 3 aromatic rings. The van der Waals surface area contributed by atoms with E-state index < -0.39 is 10.0 Å². The van der Waals surface area contributed by atoms with Crippen LogP contribution >= 0.6 is 0 Å². The summed E-state index contributed by atoms with van der Waals surface area (Å²) in [6.07, 6.45) is 5.09. The van der Waals surface area contributed by atoms with Crippen molar-refractivity contribution < 1.29 is 8.42 Å². The summed E-state index contributed by atoms with van der Waals surface area (Å²) in [6, 6.07) is 9.43. The number of aryl methyl sites for hydroxylation is 2. The molecule has 0 aliphatic carbocycles.